The van der Waals surface area contributed by atoms with Gasteiger partial charge >= 0.3 is 0 Å². The van der Waals surface area contributed by atoms with Gasteiger partial charge in [0.05, 0.1) is 5.75 Å². The minimum absolute atomic E-state index is 0.260. The van der Waals surface area contributed by atoms with E-state index in [0.717, 1.165) is 32.4 Å². The fourth-order valence-corrected chi connectivity index (χ4v) is 5.28. The molecular formula is C14H28N2O2S. The fourth-order valence-electron chi connectivity index (χ4n) is 3.54. The number of sulfonamides is 1. The molecule has 0 aromatic heterocycles. The largest absolute Gasteiger partial charge is 0.316 e. The molecule has 2 rings (SSSR count). The minimum atomic E-state index is -3.06. The van der Waals surface area contributed by atoms with Gasteiger partial charge in [-0.05, 0) is 44.6 Å². The van der Waals surface area contributed by atoms with Crippen LogP contribution in [0.25, 0.3) is 0 Å². The van der Waals surface area contributed by atoms with E-state index in [1.165, 1.54) is 25.7 Å². The summed E-state index contributed by atoms with van der Waals surface area (Å²) in [7, 11) is -3.06. The highest BCUT2D eigenvalue weighted by molar-refractivity contribution is 7.89. The summed E-state index contributed by atoms with van der Waals surface area (Å²) in [5.74, 6) is 0.886. The molecule has 1 aliphatic heterocycles. The van der Waals surface area contributed by atoms with Crippen molar-refractivity contribution < 1.29 is 8.42 Å². The van der Waals surface area contributed by atoms with Crippen LogP contribution in [0.5, 0.6) is 0 Å². The molecule has 1 heterocycles. The van der Waals surface area contributed by atoms with Crippen molar-refractivity contribution in [3.05, 3.63) is 0 Å². The molecule has 2 fully saturated rings. The van der Waals surface area contributed by atoms with Crippen LogP contribution in [0.3, 0.4) is 0 Å². The summed E-state index contributed by atoms with van der Waals surface area (Å²) in [6, 6.07) is 0.304. The lowest BCUT2D eigenvalue weighted by Crippen LogP contribution is -2.42. The second-order valence-electron chi connectivity index (χ2n) is 5.93. The second kappa shape index (κ2) is 7.04. The standard InChI is InChI=1S/C14H28N2O2S/c1-2-9-15-10-12-19(17,18)16-11-5-8-14(16)13-6-3-4-7-13/h13-15H,2-12H2,1H3. The molecule has 0 radical (unpaired) electrons. The van der Waals surface area contributed by atoms with Crippen molar-refractivity contribution in [3.8, 4) is 0 Å². The molecule has 4 nitrogen and oxygen atoms in total. The lowest BCUT2D eigenvalue weighted by atomic mass is 9.97. The Kier molecular flexibility index (Phi) is 5.66. The molecule has 0 bridgehead atoms. The molecule has 1 saturated heterocycles. The summed E-state index contributed by atoms with van der Waals surface area (Å²) in [5, 5.41) is 3.19. The van der Waals surface area contributed by atoms with Crippen molar-refractivity contribution in [2.45, 2.75) is 57.9 Å². The Morgan fingerprint density at radius 3 is 2.53 bits per heavy atom. The van der Waals surface area contributed by atoms with Gasteiger partial charge in [0.25, 0.3) is 0 Å². The first-order chi connectivity index (χ1) is 9.15. The lowest BCUT2D eigenvalue weighted by molar-refractivity contribution is 0.288. The number of nitrogens with one attached hydrogen (secondary N) is 1. The molecule has 112 valence electrons. The Balaban J connectivity index is 1.90. The van der Waals surface area contributed by atoms with Gasteiger partial charge in [-0.15, -0.1) is 0 Å². The summed E-state index contributed by atoms with van der Waals surface area (Å²) in [6.07, 6.45) is 8.19. The van der Waals surface area contributed by atoms with E-state index in [1.54, 1.807) is 0 Å². The first kappa shape index (κ1) is 15.3. The Bertz CT molecular complexity index is 364. The minimum Gasteiger partial charge on any atom is -0.316 e. The van der Waals surface area contributed by atoms with Crippen LogP contribution in [-0.2, 0) is 10.0 Å². The quantitative estimate of drug-likeness (QED) is 0.729. The predicted octanol–water partition coefficient (Wildman–Crippen LogP) is 1.97. The molecule has 19 heavy (non-hydrogen) atoms. The van der Waals surface area contributed by atoms with Gasteiger partial charge in [-0.25, -0.2) is 8.42 Å². The Morgan fingerprint density at radius 1 is 1.11 bits per heavy atom. The SMILES string of the molecule is CCCNCCS(=O)(=O)N1CCCC1C1CCCC1. The van der Waals surface area contributed by atoms with Gasteiger partial charge in [0, 0.05) is 19.1 Å². The van der Waals surface area contributed by atoms with Crippen molar-refractivity contribution >= 4 is 10.0 Å². The maximum atomic E-state index is 12.4. The van der Waals surface area contributed by atoms with E-state index in [-0.39, 0.29) is 5.75 Å². The normalized spacial score (nSPS) is 26.3. The zero-order valence-electron chi connectivity index (χ0n) is 12.1. The zero-order valence-corrected chi connectivity index (χ0v) is 12.9. The van der Waals surface area contributed by atoms with E-state index in [2.05, 4.69) is 12.2 Å². The van der Waals surface area contributed by atoms with Crippen LogP contribution < -0.4 is 5.32 Å². The summed E-state index contributed by atoms with van der Waals surface area (Å²) in [5.41, 5.74) is 0. The lowest BCUT2D eigenvalue weighted by Gasteiger charge is -2.28. The first-order valence-corrected chi connectivity index (χ1v) is 9.46. The Hall–Kier alpha value is -0.130. The van der Waals surface area contributed by atoms with Crippen molar-refractivity contribution in [1.29, 1.82) is 0 Å². The molecule has 1 saturated carbocycles. The highest BCUT2D eigenvalue weighted by Gasteiger charge is 2.39. The van der Waals surface area contributed by atoms with Gasteiger partial charge in [0.1, 0.15) is 0 Å². The summed E-state index contributed by atoms with van der Waals surface area (Å²) >= 11 is 0. The fraction of sp³-hybridized carbons (Fsp3) is 1.00. The van der Waals surface area contributed by atoms with E-state index < -0.39 is 10.0 Å². The van der Waals surface area contributed by atoms with E-state index in [1.807, 2.05) is 4.31 Å². The third kappa shape index (κ3) is 3.92. The molecule has 0 spiro atoms. The molecule has 0 amide bonds. The van der Waals surface area contributed by atoms with E-state index >= 15 is 0 Å². The highest BCUT2D eigenvalue weighted by atomic mass is 32.2. The van der Waals surface area contributed by atoms with Crippen LogP contribution in [0, 0.1) is 5.92 Å². The van der Waals surface area contributed by atoms with Crippen LogP contribution in [0.2, 0.25) is 0 Å². The molecule has 5 heteroatoms. The highest BCUT2D eigenvalue weighted by Crippen LogP contribution is 2.36. The van der Waals surface area contributed by atoms with Crippen LogP contribution >= 0.6 is 0 Å². The van der Waals surface area contributed by atoms with E-state index in [4.69, 9.17) is 0 Å². The van der Waals surface area contributed by atoms with Crippen LogP contribution in [0.15, 0.2) is 0 Å². The molecule has 2 aliphatic rings. The molecule has 1 unspecified atom stereocenters. The third-order valence-corrected chi connectivity index (χ3v) is 6.40. The molecular weight excluding hydrogens is 260 g/mol. The first-order valence-electron chi connectivity index (χ1n) is 7.85. The Morgan fingerprint density at radius 2 is 1.84 bits per heavy atom. The van der Waals surface area contributed by atoms with Crippen LogP contribution in [0.4, 0.5) is 0 Å². The predicted molar refractivity (Wildman–Crippen MR) is 78.6 cm³/mol. The maximum Gasteiger partial charge on any atom is 0.215 e. The zero-order chi connectivity index (χ0) is 13.7. The van der Waals surface area contributed by atoms with Crippen molar-refractivity contribution in [2.75, 3.05) is 25.4 Å². The number of hydrogen-bond donors (Lipinski definition) is 1. The van der Waals surface area contributed by atoms with Crippen molar-refractivity contribution in [3.63, 3.8) is 0 Å². The molecule has 1 atom stereocenters. The average Bonchev–Trinajstić information content (AvgIpc) is 3.03. The maximum absolute atomic E-state index is 12.4. The van der Waals surface area contributed by atoms with Gasteiger partial charge in [-0.1, -0.05) is 19.8 Å². The number of hydrogen-bond acceptors (Lipinski definition) is 3. The smallest absolute Gasteiger partial charge is 0.215 e. The van der Waals surface area contributed by atoms with Crippen LogP contribution in [-0.4, -0.2) is 44.2 Å². The van der Waals surface area contributed by atoms with Gasteiger partial charge in [0.2, 0.25) is 10.0 Å². The van der Waals surface area contributed by atoms with Gasteiger partial charge < -0.3 is 5.32 Å². The van der Waals surface area contributed by atoms with Crippen LogP contribution in [0.1, 0.15) is 51.9 Å². The van der Waals surface area contributed by atoms with Crippen molar-refractivity contribution in [2.24, 2.45) is 5.92 Å². The monoisotopic (exact) mass is 288 g/mol. The summed E-state index contributed by atoms with van der Waals surface area (Å²) < 4.78 is 26.7. The van der Waals surface area contributed by atoms with Crippen molar-refractivity contribution in [1.82, 2.24) is 9.62 Å². The summed E-state index contributed by atoms with van der Waals surface area (Å²) in [4.78, 5) is 0. The molecule has 1 N–H and O–H groups in total. The Labute approximate surface area is 118 Å². The van der Waals surface area contributed by atoms with Gasteiger partial charge in [-0.2, -0.15) is 4.31 Å². The number of nitrogens with zero attached hydrogens (tertiary/aromatic N) is 1. The third-order valence-electron chi connectivity index (χ3n) is 4.51. The average molecular weight is 288 g/mol. The topological polar surface area (TPSA) is 49.4 Å². The molecule has 0 aromatic carbocycles. The van der Waals surface area contributed by atoms with Gasteiger partial charge in [-0.3, -0.25) is 0 Å². The summed E-state index contributed by atoms with van der Waals surface area (Å²) in [6.45, 7) is 4.33. The second-order valence-corrected chi connectivity index (χ2v) is 7.97. The van der Waals surface area contributed by atoms with E-state index in [0.29, 0.717) is 18.5 Å². The number of rotatable bonds is 7. The molecule has 1 aliphatic carbocycles. The van der Waals surface area contributed by atoms with Gasteiger partial charge in [0.15, 0.2) is 0 Å². The van der Waals surface area contributed by atoms with E-state index in [9.17, 15) is 8.42 Å². The molecule has 0 aromatic rings.